The van der Waals surface area contributed by atoms with Crippen molar-refractivity contribution in [3.8, 4) is 17.2 Å². The van der Waals surface area contributed by atoms with E-state index in [0.717, 1.165) is 9.13 Å². The number of ether oxygens (including phenoxy) is 4. The molecule has 1 aliphatic rings. The summed E-state index contributed by atoms with van der Waals surface area (Å²) in [5.41, 5.74) is 2.11. The molecular weight excluding hydrogens is 592 g/mol. The Kier molecular flexibility index (Phi) is 7.65. The smallest absolute Gasteiger partial charge is 0.363 e. The van der Waals surface area contributed by atoms with Crippen molar-refractivity contribution in [2.45, 2.75) is 6.61 Å². The molecule has 0 radical (unpaired) electrons. The van der Waals surface area contributed by atoms with Crippen LogP contribution in [0.4, 0.5) is 0 Å². The van der Waals surface area contributed by atoms with Crippen LogP contribution >= 0.6 is 45.8 Å². The number of nitrogens with zero attached hydrogens (tertiary/aromatic N) is 1. The highest BCUT2D eigenvalue weighted by Crippen LogP contribution is 2.40. The Labute approximate surface area is 220 Å². The van der Waals surface area contributed by atoms with Crippen LogP contribution in [0, 0.1) is 3.57 Å². The number of aliphatic imine (C=N–C) groups is 1. The molecule has 0 saturated carbocycles. The molecule has 0 amide bonds. The second-order valence-corrected chi connectivity index (χ2v) is 9.15. The number of rotatable bonds is 7. The van der Waals surface area contributed by atoms with Gasteiger partial charge >= 0.3 is 5.97 Å². The van der Waals surface area contributed by atoms with Crippen LogP contribution in [0.15, 0.2) is 65.3 Å². The minimum absolute atomic E-state index is 0.124. The third-order valence-corrected chi connectivity index (χ3v) is 6.26. The molecule has 3 aromatic carbocycles. The van der Waals surface area contributed by atoms with Crippen LogP contribution in [0.5, 0.6) is 17.2 Å². The van der Waals surface area contributed by atoms with Crippen molar-refractivity contribution in [1.29, 1.82) is 0 Å². The lowest BCUT2D eigenvalue weighted by molar-refractivity contribution is -0.129. The molecule has 0 spiro atoms. The quantitative estimate of drug-likeness (QED) is 0.173. The molecule has 1 aliphatic heterocycles. The maximum Gasteiger partial charge on any atom is 0.363 e. The van der Waals surface area contributed by atoms with E-state index < -0.39 is 5.97 Å². The highest BCUT2D eigenvalue weighted by molar-refractivity contribution is 14.1. The molecule has 34 heavy (non-hydrogen) atoms. The molecule has 4 rings (SSSR count). The summed E-state index contributed by atoms with van der Waals surface area (Å²) < 4.78 is 23.3. The third-order valence-electron chi connectivity index (χ3n) is 4.90. The van der Waals surface area contributed by atoms with Gasteiger partial charge in [0.05, 0.1) is 24.8 Å². The molecule has 1 heterocycles. The van der Waals surface area contributed by atoms with Crippen LogP contribution in [0.1, 0.15) is 16.7 Å². The summed E-state index contributed by atoms with van der Waals surface area (Å²) >= 11 is 14.6. The first-order valence-electron chi connectivity index (χ1n) is 10.00. The molecule has 3 aromatic rings. The first-order chi connectivity index (χ1) is 16.4. The molecule has 0 saturated heterocycles. The highest BCUT2D eigenvalue weighted by atomic mass is 127. The van der Waals surface area contributed by atoms with Crippen LogP contribution in [0.25, 0.3) is 6.08 Å². The van der Waals surface area contributed by atoms with Crippen molar-refractivity contribution in [3.05, 3.63) is 90.6 Å². The van der Waals surface area contributed by atoms with Gasteiger partial charge in [-0.2, -0.15) is 0 Å². The predicted octanol–water partition coefficient (Wildman–Crippen LogP) is 6.54. The van der Waals surface area contributed by atoms with Gasteiger partial charge in [0.15, 0.2) is 17.2 Å². The zero-order valence-corrected chi connectivity index (χ0v) is 21.8. The van der Waals surface area contributed by atoms with Gasteiger partial charge in [-0.15, -0.1) is 0 Å². The number of carbonyl (C=O) groups excluding carboxylic acids is 1. The van der Waals surface area contributed by atoms with E-state index in [0.29, 0.717) is 38.4 Å². The topological polar surface area (TPSA) is 66.4 Å². The summed E-state index contributed by atoms with van der Waals surface area (Å²) in [6, 6.07) is 16.2. The average molecular weight is 610 g/mol. The van der Waals surface area contributed by atoms with E-state index in [2.05, 4.69) is 27.6 Å². The van der Waals surface area contributed by atoms with Gasteiger partial charge in [-0.05, 0) is 70.6 Å². The minimum Gasteiger partial charge on any atom is -0.493 e. The maximum atomic E-state index is 12.5. The van der Waals surface area contributed by atoms with E-state index in [1.54, 1.807) is 36.4 Å². The van der Waals surface area contributed by atoms with Crippen LogP contribution in [-0.2, 0) is 16.1 Å². The SMILES string of the molecule is COc1cc(/C=C2/N=C(c3cc(I)ccc3Cl)OC2=O)cc(OC)c1OCc1ccccc1Cl. The monoisotopic (exact) mass is 609 g/mol. The number of halogens is 3. The second kappa shape index (κ2) is 10.7. The van der Waals surface area contributed by atoms with E-state index >= 15 is 0 Å². The van der Waals surface area contributed by atoms with Crippen molar-refractivity contribution < 1.29 is 23.7 Å². The number of cyclic esters (lactones) is 1. The summed E-state index contributed by atoms with van der Waals surface area (Å²) in [5, 5.41) is 1.04. The fourth-order valence-electron chi connectivity index (χ4n) is 3.23. The van der Waals surface area contributed by atoms with Gasteiger partial charge in [0, 0.05) is 14.2 Å². The van der Waals surface area contributed by atoms with Crippen LogP contribution in [0.3, 0.4) is 0 Å². The lowest BCUT2D eigenvalue weighted by Gasteiger charge is -2.16. The van der Waals surface area contributed by atoms with E-state index in [9.17, 15) is 4.79 Å². The average Bonchev–Trinajstić information content (AvgIpc) is 3.19. The van der Waals surface area contributed by atoms with Crippen molar-refractivity contribution in [1.82, 2.24) is 0 Å². The molecule has 6 nitrogen and oxygen atoms in total. The summed E-state index contributed by atoms with van der Waals surface area (Å²) in [7, 11) is 3.04. The van der Waals surface area contributed by atoms with E-state index in [-0.39, 0.29) is 18.2 Å². The Morgan fingerprint density at radius 3 is 2.38 bits per heavy atom. The molecule has 0 unspecified atom stereocenters. The first-order valence-corrected chi connectivity index (χ1v) is 11.8. The van der Waals surface area contributed by atoms with Gasteiger partial charge in [0.2, 0.25) is 11.6 Å². The summed E-state index contributed by atoms with van der Waals surface area (Å²) in [6.45, 7) is 0.226. The van der Waals surface area contributed by atoms with Crippen molar-refractivity contribution in [3.63, 3.8) is 0 Å². The Morgan fingerprint density at radius 1 is 1.00 bits per heavy atom. The van der Waals surface area contributed by atoms with Gasteiger partial charge in [-0.25, -0.2) is 9.79 Å². The Balaban J connectivity index is 1.65. The molecule has 0 N–H and O–H groups in total. The number of carbonyl (C=O) groups is 1. The first kappa shape index (κ1) is 24.4. The summed E-state index contributed by atoms with van der Waals surface area (Å²) in [4.78, 5) is 16.8. The van der Waals surface area contributed by atoms with Gasteiger partial charge in [0.1, 0.15) is 6.61 Å². The molecule has 9 heteroatoms. The van der Waals surface area contributed by atoms with Gasteiger partial charge in [-0.1, -0.05) is 41.4 Å². The fraction of sp³-hybridized carbons (Fsp3) is 0.120. The van der Waals surface area contributed by atoms with Crippen molar-refractivity contribution >= 4 is 63.7 Å². The molecule has 0 bridgehead atoms. The van der Waals surface area contributed by atoms with Gasteiger partial charge in [-0.3, -0.25) is 0 Å². The number of methoxy groups -OCH3 is 2. The number of hydrogen-bond donors (Lipinski definition) is 0. The molecular formula is C25H18Cl2INO5. The Hall–Kier alpha value is -2.75. The zero-order chi connectivity index (χ0) is 24.2. The van der Waals surface area contributed by atoms with Crippen molar-refractivity contribution in [2.24, 2.45) is 4.99 Å². The number of benzene rings is 3. The molecule has 0 aliphatic carbocycles. The van der Waals surface area contributed by atoms with Crippen LogP contribution < -0.4 is 14.2 Å². The van der Waals surface area contributed by atoms with E-state index in [1.807, 2.05) is 24.3 Å². The van der Waals surface area contributed by atoms with Crippen LogP contribution in [-0.4, -0.2) is 26.1 Å². The molecule has 0 fully saturated rings. The fourth-order valence-corrected chi connectivity index (χ4v) is 4.11. The molecule has 0 aromatic heterocycles. The zero-order valence-electron chi connectivity index (χ0n) is 18.1. The Bertz CT molecular complexity index is 1300. The Morgan fingerprint density at radius 2 is 1.71 bits per heavy atom. The second-order valence-electron chi connectivity index (χ2n) is 7.09. The highest BCUT2D eigenvalue weighted by Gasteiger charge is 2.26. The van der Waals surface area contributed by atoms with Crippen LogP contribution in [0.2, 0.25) is 10.0 Å². The number of esters is 1. The van der Waals surface area contributed by atoms with Gasteiger partial charge < -0.3 is 18.9 Å². The normalized spacial score (nSPS) is 14.1. The van der Waals surface area contributed by atoms with Crippen molar-refractivity contribution in [2.75, 3.05) is 14.2 Å². The third kappa shape index (κ3) is 5.32. The lowest BCUT2D eigenvalue weighted by Crippen LogP contribution is -2.06. The standard InChI is InChI=1S/C25H18Cl2INO5/c1-31-21-10-14(11-22(32-2)23(21)33-13-15-5-3-4-6-18(15)26)9-20-25(30)34-24(29-20)17-12-16(28)7-8-19(17)27/h3-12H,13H2,1-2H3/b20-9+. The molecule has 174 valence electrons. The number of hydrogen-bond acceptors (Lipinski definition) is 6. The summed E-state index contributed by atoms with van der Waals surface area (Å²) in [6.07, 6.45) is 1.58. The molecule has 0 atom stereocenters. The predicted molar refractivity (Wildman–Crippen MR) is 140 cm³/mol. The van der Waals surface area contributed by atoms with E-state index in [1.165, 1.54) is 14.2 Å². The van der Waals surface area contributed by atoms with E-state index in [4.69, 9.17) is 42.1 Å². The largest absolute Gasteiger partial charge is 0.493 e. The summed E-state index contributed by atoms with van der Waals surface area (Å²) in [5.74, 6) is 0.833. The lowest BCUT2D eigenvalue weighted by atomic mass is 10.1. The maximum absolute atomic E-state index is 12.5. The van der Waals surface area contributed by atoms with Gasteiger partial charge in [0.25, 0.3) is 0 Å². The minimum atomic E-state index is -0.582.